The van der Waals surface area contributed by atoms with Crippen LogP contribution in [0.4, 0.5) is 13.2 Å². The second-order valence-electron chi connectivity index (χ2n) is 4.69. The fourth-order valence-corrected chi connectivity index (χ4v) is 1.83. The van der Waals surface area contributed by atoms with E-state index in [0.717, 1.165) is 0 Å². The van der Waals surface area contributed by atoms with Crippen LogP contribution in [0.3, 0.4) is 0 Å². The number of nitrogens with one attached hydrogen (secondary N) is 2. The summed E-state index contributed by atoms with van der Waals surface area (Å²) in [4.78, 5) is 23.7. The van der Waals surface area contributed by atoms with Crippen molar-refractivity contribution < 1.29 is 27.5 Å². The maximum atomic E-state index is 13.5. The molecule has 0 aromatic heterocycles. The van der Waals surface area contributed by atoms with Gasteiger partial charge in [-0.2, -0.15) is 0 Å². The van der Waals surface area contributed by atoms with Gasteiger partial charge in [-0.25, -0.2) is 18.0 Å². The highest BCUT2D eigenvalue weighted by molar-refractivity contribution is 6.18. The molecule has 0 amide bonds. The zero-order chi connectivity index (χ0) is 18.4. The number of Topliss-reactive ketones (excluding diaryl/α,β-unsaturated/α-hetero) is 1. The maximum absolute atomic E-state index is 13.5. The Morgan fingerprint density at radius 3 is 2.25 bits per heavy atom. The van der Waals surface area contributed by atoms with E-state index in [2.05, 4.69) is 10.1 Å². The summed E-state index contributed by atoms with van der Waals surface area (Å²) in [7, 11) is 0. The number of ketones is 1. The molecule has 6 nitrogen and oxygen atoms in total. The Morgan fingerprint density at radius 1 is 1.25 bits per heavy atom. The first-order valence-corrected chi connectivity index (χ1v) is 6.83. The number of benzene rings is 1. The molecule has 9 heteroatoms. The minimum Gasteiger partial charge on any atom is -0.454 e. The average molecular weight is 343 g/mol. The lowest BCUT2D eigenvalue weighted by atomic mass is 10.1. The van der Waals surface area contributed by atoms with E-state index in [4.69, 9.17) is 11.1 Å². The highest BCUT2D eigenvalue weighted by Gasteiger charge is 2.23. The van der Waals surface area contributed by atoms with E-state index in [1.165, 1.54) is 6.92 Å². The van der Waals surface area contributed by atoms with Crippen molar-refractivity contribution in [1.29, 1.82) is 5.41 Å². The smallest absolute Gasteiger partial charge is 0.344 e. The predicted octanol–water partition coefficient (Wildman–Crippen LogP) is 1.65. The predicted molar refractivity (Wildman–Crippen MR) is 79.9 cm³/mol. The van der Waals surface area contributed by atoms with Crippen LogP contribution in [0.25, 0.3) is 0 Å². The zero-order valence-electron chi connectivity index (χ0n) is 13.0. The third-order valence-electron chi connectivity index (χ3n) is 2.84. The van der Waals surface area contributed by atoms with Crippen LogP contribution in [-0.4, -0.2) is 30.6 Å². The Labute approximate surface area is 136 Å². The third kappa shape index (κ3) is 4.58. The first-order chi connectivity index (χ1) is 11.2. The van der Waals surface area contributed by atoms with Gasteiger partial charge in [-0.1, -0.05) is 0 Å². The van der Waals surface area contributed by atoms with Gasteiger partial charge in [0.1, 0.15) is 28.8 Å². The van der Waals surface area contributed by atoms with Crippen molar-refractivity contribution in [3.63, 3.8) is 0 Å². The van der Waals surface area contributed by atoms with Gasteiger partial charge in [-0.05, 0) is 13.8 Å². The lowest BCUT2D eigenvalue weighted by Gasteiger charge is -2.11. The molecule has 0 unspecified atom stereocenters. The summed E-state index contributed by atoms with van der Waals surface area (Å²) in [6.45, 7) is 2.37. The van der Waals surface area contributed by atoms with Gasteiger partial charge in [0.2, 0.25) is 5.78 Å². The van der Waals surface area contributed by atoms with Crippen LogP contribution in [0.1, 0.15) is 24.2 Å². The largest absolute Gasteiger partial charge is 0.454 e. The molecule has 130 valence electrons. The van der Waals surface area contributed by atoms with Crippen LogP contribution in [0.15, 0.2) is 23.5 Å². The number of ether oxygens (including phenoxy) is 1. The molecule has 4 N–H and O–H groups in total. The van der Waals surface area contributed by atoms with Gasteiger partial charge in [-0.3, -0.25) is 4.79 Å². The van der Waals surface area contributed by atoms with E-state index >= 15 is 0 Å². The van der Waals surface area contributed by atoms with Gasteiger partial charge in [0.25, 0.3) is 0 Å². The van der Waals surface area contributed by atoms with Crippen molar-refractivity contribution in [3.05, 3.63) is 46.5 Å². The second kappa shape index (κ2) is 8.14. The molecule has 0 heterocycles. The number of hydrogen-bond donors (Lipinski definition) is 3. The molecule has 1 aromatic carbocycles. The fraction of sp³-hybridized carbons (Fsp3) is 0.267. The lowest BCUT2D eigenvalue weighted by molar-refractivity contribution is -0.137. The van der Waals surface area contributed by atoms with Crippen molar-refractivity contribution in [2.24, 2.45) is 5.73 Å². The van der Waals surface area contributed by atoms with Crippen LogP contribution in [0.5, 0.6) is 0 Å². The van der Waals surface area contributed by atoms with Gasteiger partial charge in [0.05, 0.1) is 5.56 Å². The van der Waals surface area contributed by atoms with Gasteiger partial charge >= 0.3 is 5.97 Å². The molecule has 0 spiro atoms. The van der Waals surface area contributed by atoms with E-state index in [1.54, 1.807) is 6.92 Å². The monoisotopic (exact) mass is 343 g/mol. The fourth-order valence-electron chi connectivity index (χ4n) is 1.83. The summed E-state index contributed by atoms with van der Waals surface area (Å²) < 4.78 is 44.4. The minimum absolute atomic E-state index is 0.124. The Bertz CT molecular complexity index is 694. The zero-order valence-corrected chi connectivity index (χ0v) is 13.0. The molecule has 0 aliphatic rings. The van der Waals surface area contributed by atoms with Gasteiger partial charge < -0.3 is 21.2 Å². The molecule has 1 rings (SSSR count). The van der Waals surface area contributed by atoms with Gasteiger partial charge in [0, 0.05) is 24.4 Å². The van der Waals surface area contributed by atoms with Crippen molar-refractivity contribution in [3.8, 4) is 0 Å². The quantitative estimate of drug-likeness (QED) is 0.302. The Kier molecular flexibility index (Phi) is 6.51. The molecule has 1 aromatic rings. The summed E-state index contributed by atoms with van der Waals surface area (Å²) in [5.74, 6) is -6.40. The minimum atomic E-state index is -1.40. The highest BCUT2D eigenvalue weighted by atomic mass is 19.1. The molecular formula is C15H16F3N3O3. The molecule has 0 bridgehead atoms. The number of carbonyl (C=O) groups is 2. The molecule has 0 fully saturated rings. The van der Waals surface area contributed by atoms with Crippen LogP contribution in [0, 0.1) is 22.9 Å². The van der Waals surface area contributed by atoms with E-state index in [1.807, 2.05) is 0 Å². The van der Waals surface area contributed by atoms with Gasteiger partial charge in [-0.15, -0.1) is 0 Å². The molecule has 0 aliphatic heterocycles. The van der Waals surface area contributed by atoms with Crippen LogP contribution in [-0.2, 0) is 9.53 Å². The number of carbonyl (C=O) groups excluding carboxylic acids is 2. The van der Waals surface area contributed by atoms with E-state index < -0.39 is 41.4 Å². The van der Waals surface area contributed by atoms with Crippen LogP contribution >= 0.6 is 0 Å². The lowest BCUT2D eigenvalue weighted by Crippen LogP contribution is -2.29. The van der Waals surface area contributed by atoms with Gasteiger partial charge in [0.15, 0.2) is 6.61 Å². The number of nitrogens with two attached hydrogens (primary N) is 1. The second-order valence-corrected chi connectivity index (χ2v) is 4.69. The maximum Gasteiger partial charge on any atom is 0.344 e. The van der Waals surface area contributed by atoms with Crippen LogP contribution in [0.2, 0.25) is 0 Å². The molecule has 0 aliphatic carbocycles. The van der Waals surface area contributed by atoms with Crippen LogP contribution < -0.4 is 11.1 Å². The third-order valence-corrected chi connectivity index (χ3v) is 2.84. The number of rotatable bonds is 7. The summed E-state index contributed by atoms with van der Waals surface area (Å²) >= 11 is 0. The molecule has 0 saturated heterocycles. The standard InChI is InChI=1S/C15H16F3N3O3/c1-3-21-14(20)12(7(2)19)15(23)24-6-11(22)13-9(17)4-8(16)5-10(13)18/h4-5,19,21H,3,6,20H2,1-2H3/b14-12+,19-7?. The summed E-state index contributed by atoms with van der Waals surface area (Å²) in [5.41, 5.74) is 4.06. The topological polar surface area (TPSA) is 105 Å². The summed E-state index contributed by atoms with van der Waals surface area (Å²) in [5, 5.41) is 10.1. The molecular weight excluding hydrogens is 327 g/mol. The SMILES string of the molecule is CCN/C(N)=C(\C(C)=N)C(=O)OCC(=O)c1c(F)cc(F)cc1F. The number of esters is 1. The van der Waals surface area contributed by atoms with Crippen molar-refractivity contribution in [2.45, 2.75) is 13.8 Å². The molecule has 24 heavy (non-hydrogen) atoms. The van der Waals surface area contributed by atoms with Crippen molar-refractivity contribution in [1.82, 2.24) is 5.32 Å². The van der Waals surface area contributed by atoms with E-state index in [-0.39, 0.29) is 17.1 Å². The summed E-state index contributed by atoms with van der Waals surface area (Å²) in [6, 6.07) is 0.683. The Hall–Kier alpha value is -2.84. The average Bonchev–Trinajstić information content (AvgIpc) is 2.44. The first-order valence-electron chi connectivity index (χ1n) is 6.83. The van der Waals surface area contributed by atoms with Crippen molar-refractivity contribution >= 4 is 17.5 Å². The van der Waals surface area contributed by atoms with Crippen molar-refractivity contribution in [2.75, 3.05) is 13.2 Å². The first kappa shape index (κ1) is 19.2. The number of hydrogen-bond acceptors (Lipinski definition) is 6. The Balaban J connectivity index is 2.92. The Morgan fingerprint density at radius 2 is 1.79 bits per heavy atom. The molecule has 0 saturated carbocycles. The normalized spacial score (nSPS) is 11.5. The summed E-state index contributed by atoms with van der Waals surface area (Å²) in [6.07, 6.45) is 0. The number of halogens is 3. The highest BCUT2D eigenvalue weighted by Crippen LogP contribution is 2.16. The van der Waals surface area contributed by atoms with E-state index in [9.17, 15) is 22.8 Å². The molecule has 0 radical (unpaired) electrons. The molecule has 0 atom stereocenters. The van der Waals surface area contributed by atoms with E-state index in [0.29, 0.717) is 18.7 Å².